The maximum atomic E-state index is 13.9. The van der Waals surface area contributed by atoms with Crippen molar-refractivity contribution in [2.45, 2.75) is 18.8 Å². The molecule has 6 nitrogen and oxygen atoms in total. The van der Waals surface area contributed by atoms with Crippen LogP contribution in [-0.4, -0.2) is 41.2 Å². The van der Waals surface area contributed by atoms with E-state index in [-0.39, 0.29) is 5.92 Å². The van der Waals surface area contributed by atoms with Crippen LogP contribution in [0.3, 0.4) is 0 Å². The van der Waals surface area contributed by atoms with Crippen molar-refractivity contribution in [2.75, 3.05) is 20.2 Å². The smallest absolute Gasteiger partial charge is 0.259 e. The van der Waals surface area contributed by atoms with E-state index in [2.05, 4.69) is 10.2 Å². The molecule has 29 heavy (non-hydrogen) atoms. The highest BCUT2D eigenvalue weighted by molar-refractivity contribution is 5.94. The maximum absolute atomic E-state index is 13.9. The van der Waals surface area contributed by atoms with Crippen molar-refractivity contribution in [1.29, 1.82) is 0 Å². The third kappa shape index (κ3) is 3.83. The number of aromatic nitrogens is 2. The van der Waals surface area contributed by atoms with Crippen LogP contribution in [0.4, 0.5) is 8.78 Å². The quantitative estimate of drug-likeness (QED) is 0.662. The van der Waals surface area contributed by atoms with Crippen molar-refractivity contribution >= 4 is 5.91 Å². The zero-order valence-electron chi connectivity index (χ0n) is 15.8. The fourth-order valence-corrected chi connectivity index (χ4v) is 3.44. The molecule has 0 N–H and O–H groups in total. The number of likely N-dealkylation sites (tertiary alicyclic amines) is 1. The Hall–Kier alpha value is -3.29. The van der Waals surface area contributed by atoms with Gasteiger partial charge in [0.25, 0.3) is 5.91 Å². The molecule has 0 radical (unpaired) electrons. The lowest BCUT2D eigenvalue weighted by molar-refractivity contribution is 0.0696. The zero-order chi connectivity index (χ0) is 20.4. The molecular weight excluding hydrogens is 380 g/mol. The topological polar surface area (TPSA) is 68.5 Å². The third-order valence-electron chi connectivity index (χ3n) is 5.09. The molecule has 2 heterocycles. The molecular formula is C21H19F2N3O3. The second-order valence-electron chi connectivity index (χ2n) is 6.84. The number of halogens is 2. The van der Waals surface area contributed by atoms with Gasteiger partial charge in [0.1, 0.15) is 22.9 Å². The fourth-order valence-electron chi connectivity index (χ4n) is 3.44. The molecule has 1 aliphatic rings. The summed E-state index contributed by atoms with van der Waals surface area (Å²) in [5, 5.41) is 8.25. The monoisotopic (exact) mass is 399 g/mol. The van der Waals surface area contributed by atoms with Gasteiger partial charge in [-0.25, -0.2) is 8.78 Å². The molecule has 0 unspecified atom stereocenters. The van der Waals surface area contributed by atoms with E-state index in [4.69, 9.17) is 9.15 Å². The number of methoxy groups -OCH3 is 1. The normalized spacial score (nSPS) is 14.8. The lowest BCUT2D eigenvalue weighted by Gasteiger charge is -2.30. The van der Waals surface area contributed by atoms with E-state index in [1.807, 2.05) is 24.3 Å². The van der Waals surface area contributed by atoms with Crippen LogP contribution in [0.2, 0.25) is 0 Å². The summed E-state index contributed by atoms with van der Waals surface area (Å²) < 4.78 is 38.7. The maximum Gasteiger partial charge on any atom is 0.259 e. The lowest BCUT2D eigenvalue weighted by atomic mass is 9.96. The number of nitrogens with zero attached hydrogens (tertiary/aromatic N) is 3. The molecule has 0 atom stereocenters. The number of carbonyl (C=O) groups excluding carboxylic acids is 1. The molecule has 8 heteroatoms. The first kappa shape index (κ1) is 19.0. The number of benzene rings is 2. The van der Waals surface area contributed by atoms with E-state index in [9.17, 15) is 13.6 Å². The number of piperidine rings is 1. The highest BCUT2D eigenvalue weighted by Crippen LogP contribution is 2.30. The molecule has 1 aliphatic heterocycles. The average Bonchev–Trinajstić information content (AvgIpc) is 3.24. The molecule has 3 aromatic rings. The van der Waals surface area contributed by atoms with Crippen LogP contribution in [0.15, 0.2) is 46.9 Å². The summed E-state index contributed by atoms with van der Waals surface area (Å²) in [6.45, 7) is 0.717. The standard InChI is InChI=1S/C21H19F2N3O3/c1-28-15-7-5-13(6-8-15)19-24-25-20(29-19)14-9-11-26(12-10-14)21(27)18-16(22)3-2-4-17(18)23/h2-8,14H,9-12H2,1H3. The lowest BCUT2D eigenvalue weighted by Crippen LogP contribution is -2.38. The van der Waals surface area contributed by atoms with Crippen molar-refractivity contribution < 1.29 is 22.7 Å². The van der Waals surface area contributed by atoms with Crippen molar-refractivity contribution in [3.05, 3.63) is 65.6 Å². The molecule has 1 saturated heterocycles. The van der Waals surface area contributed by atoms with E-state index in [0.29, 0.717) is 37.7 Å². The average molecular weight is 399 g/mol. The summed E-state index contributed by atoms with van der Waals surface area (Å²) in [5.74, 6) is -0.699. The Bertz CT molecular complexity index is 992. The summed E-state index contributed by atoms with van der Waals surface area (Å²) in [4.78, 5) is 14.0. The van der Waals surface area contributed by atoms with Gasteiger partial charge in [-0.15, -0.1) is 10.2 Å². The Balaban J connectivity index is 1.42. The molecule has 1 aromatic heterocycles. The predicted octanol–water partition coefficient (Wildman–Crippen LogP) is 4.04. The summed E-state index contributed by atoms with van der Waals surface area (Å²) in [6, 6.07) is 10.7. The summed E-state index contributed by atoms with van der Waals surface area (Å²) in [7, 11) is 1.59. The van der Waals surface area contributed by atoms with Crippen LogP contribution in [0.25, 0.3) is 11.5 Å². The largest absolute Gasteiger partial charge is 0.497 e. The number of ether oxygens (including phenoxy) is 1. The number of hydrogen-bond acceptors (Lipinski definition) is 5. The van der Waals surface area contributed by atoms with Gasteiger partial charge in [-0.2, -0.15) is 0 Å². The van der Waals surface area contributed by atoms with Crippen molar-refractivity contribution in [1.82, 2.24) is 15.1 Å². The first-order valence-corrected chi connectivity index (χ1v) is 9.28. The third-order valence-corrected chi connectivity index (χ3v) is 5.09. The van der Waals surface area contributed by atoms with Gasteiger partial charge in [-0.05, 0) is 49.2 Å². The van der Waals surface area contributed by atoms with E-state index in [1.165, 1.54) is 11.0 Å². The first-order chi connectivity index (χ1) is 14.1. The van der Waals surface area contributed by atoms with Crippen LogP contribution in [-0.2, 0) is 0 Å². The predicted molar refractivity (Wildman–Crippen MR) is 101 cm³/mol. The van der Waals surface area contributed by atoms with Gasteiger partial charge in [0, 0.05) is 24.6 Å². The van der Waals surface area contributed by atoms with E-state index in [0.717, 1.165) is 23.4 Å². The molecule has 0 saturated carbocycles. The van der Waals surface area contributed by atoms with Gasteiger partial charge in [-0.3, -0.25) is 4.79 Å². The van der Waals surface area contributed by atoms with E-state index >= 15 is 0 Å². The molecule has 2 aromatic carbocycles. The number of hydrogen-bond donors (Lipinski definition) is 0. The van der Waals surface area contributed by atoms with Gasteiger partial charge in [-0.1, -0.05) is 6.07 Å². The Morgan fingerprint density at radius 2 is 1.72 bits per heavy atom. The van der Waals surface area contributed by atoms with Crippen molar-refractivity contribution in [3.8, 4) is 17.2 Å². The second kappa shape index (κ2) is 7.98. The molecule has 0 aliphatic carbocycles. The van der Waals surface area contributed by atoms with Gasteiger partial charge >= 0.3 is 0 Å². The first-order valence-electron chi connectivity index (χ1n) is 9.28. The molecule has 1 fully saturated rings. The summed E-state index contributed by atoms with van der Waals surface area (Å²) in [5.41, 5.74) is 0.276. The van der Waals surface area contributed by atoms with Gasteiger partial charge in [0.15, 0.2) is 0 Å². The molecule has 0 spiro atoms. The Labute approximate surface area is 166 Å². The molecule has 0 bridgehead atoms. The number of amides is 1. The van der Waals surface area contributed by atoms with Gasteiger partial charge in [0.05, 0.1) is 7.11 Å². The minimum absolute atomic E-state index is 0.0102. The number of rotatable bonds is 4. The SMILES string of the molecule is COc1ccc(-c2nnc(C3CCN(C(=O)c4c(F)cccc4F)CC3)o2)cc1. The van der Waals surface area contributed by atoms with Crippen LogP contribution < -0.4 is 4.74 Å². The molecule has 4 rings (SSSR count). The fraction of sp³-hybridized carbons (Fsp3) is 0.286. The van der Waals surface area contributed by atoms with Gasteiger partial charge < -0.3 is 14.1 Å². The Morgan fingerprint density at radius 3 is 2.34 bits per heavy atom. The summed E-state index contributed by atoms with van der Waals surface area (Å²) >= 11 is 0. The minimum Gasteiger partial charge on any atom is -0.497 e. The zero-order valence-corrected chi connectivity index (χ0v) is 15.8. The Kier molecular flexibility index (Phi) is 5.24. The second-order valence-corrected chi connectivity index (χ2v) is 6.84. The number of carbonyl (C=O) groups is 1. The van der Waals surface area contributed by atoms with E-state index in [1.54, 1.807) is 7.11 Å². The highest BCUT2D eigenvalue weighted by atomic mass is 19.1. The molecule has 150 valence electrons. The summed E-state index contributed by atoms with van der Waals surface area (Å²) in [6.07, 6.45) is 1.15. The highest BCUT2D eigenvalue weighted by Gasteiger charge is 2.30. The minimum atomic E-state index is -0.849. The molecule has 1 amide bonds. The van der Waals surface area contributed by atoms with Crippen molar-refractivity contribution in [2.24, 2.45) is 0 Å². The van der Waals surface area contributed by atoms with Crippen LogP contribution in [0.5, 0.6) is 5.75 Å². The van der Waals surface area contributed by atoms with Crippen LogP contribution in [0, 0.1) is 11.6 Å². The van der Waals surface area contributed by atoms with Gasteiger partial charge in [0.2, 0.25) is 11.8 Å². The van der Waals surface area contributed by atoms with Crippen LogP contribution >= 0.6 is 0 Å². The Morgan fingerprint density at radius 1 is 1.07 bits per heavy atom. The van der Waals surface area contributed by atoms with Crippen LogP contribution in [0.1, 0.15) is 35.0 Å². The van der Waals surface area contributed by atoms with Crippen molar-refractivity contribution in [3.63, 3.8) is 0 Å². The van der Waals surface area contributed by atoms with E-state index < -0.39 is 23.1 Å².